The van der Waals surface area contributed by atoms with E-state index in [4.69, 9.17) is 5.73 Å². The number of hydrogen-bond acceptors (Lipinski definition) is 2. The highest BCUT2D eigenvalue weighted by Gasteiger charge is 2.29. The molecular formula is C18H22N2. The maximum absolute atomic E-state index is 6.52. The van der Waals surface area contributed by atoms with Crippen molar-refractivity contribution in [2.75, 3.05) is 0 Å². The van der Waals surface area contributed by atoms with Crippen molar-refractivity contribution in [2.45, 2.75) is 38.5 Å². The van der Waals surface area contributed by atoms with E-state index in [2.05, 4.69) is 60.4 Å². The molecule has 0 spiro atoms. The Balaban J connectivity index is 1.79. The third-order valence-corrected chi connectivity index (χ3v) is 4.35. The fourth-order valence-electron chi connectivity index (χ4n) is 3.23. The van der Waals surface area contributed by atoms with Gasteiger partial charge in [0.2, 0.25) is 0 Å². The van der Waals surface area contributed by atoms with Crippen LogP contribution >= 0.6 is 0 Å². The third-order valence-electron chi connectivity index (χ3n) is 4.35. The molecule has 0 saturated heterocycles. The van der Waals surface area contributed by atoms with Gasteiger partial charge in [0.05, 0.1) is 0 Å². The first-order chi connectivity index (χ1) is 9.79. The number of nitrogens with zero attached hydrogens (tertiary/aromatic N) is 1. The van der Waals surface area contributed by atoms with Gasteiger partial charge in [-0.25, -0.2) is 0 Å². The van der Waals surface area contributed by atoms with Crippen molar-refractivity contribution in [2.24, 2.45) is 5.73 Å². The van der Waals surface area contributed by atoms with Crippen molar-refractivity contribution in [1.29, 1.82) is 0 Å². The molecule has 104 valence electrons. The van der Waals surface area contributed by atoms with E-state index >= 15 is 0 Å². The van der Waals surface area contributed by atoms with Crippen LogP contribution in [0.4, 0.5) is 0 Å². The van der Waals surface area contributed by atoms with Gasteiger partial charge in [0, 0.05) is 25.2 Å². The lowest BCUT2D eigenvalue weighted by molar-refractivity contribution is 0.166. The van der Waals surface area contributed by atoms with Crippen molar-refractivity contribution in [3.8, 4) is 0 Å². The molecule has 1 aliphatic rings. The molecular weight excluding hydrogens is 244 g/mol. The summed E-state index contributed by atoms with van der Waals surface area (Å²) in [6.45, 7) is 4.28. The maximum Gasteiger partial charge on any atom is 0.0453 e. The predicted octanol–water partition coefficient (Wildman–Crippen LogP) is 3.48. The average molecular weight is 266 g/mol. The lowest BCUT2D eigenvalue weighted by atomic mass is 9.97. The Kier molecular flexibility index (Phi) is 3.86. The van der Waals surface area contributed by atoms with Crippen LogP contribution in [0.5, 0.6) is 0 Å². The Labute approximate surface area is 121 Å². The Bertz CT molecular complexity index is 540. The topological polar surface area (TPSA) is 29.3 Å². The molecule has 3 rings (SSSR count). The second kappa shape index (κ2) is 5.78. The summed E-state index contributed by atoms with van der Waals surface area (Å²) in [6, 6.07) is 19.6. The molecule has 2 unspecified atom stereocenters. The summed E-state index contributed by atoms with van der Waals surface area (Å²) in [7, 11) is 0. The molecule has 0 aromatic heterocycles. The lowest BCUT2D eigenvalue weighted by Gasteiger charge is -2.32. The number of nitrogens with two attached hydrogens (primary N) is 1. The van der Waals surface area contributed by atoms with E-state index in [1.54, 1.807) is 0 Å². The summed E-state index contributed by atoms with van der Waals surface area (Å²) < 4.78 is 0. The zero-order chi connectivity index (χ0) is 13.9. The molecule has 1 aliphatic heterocycles. The second-order valence-electron chi connectivity index (χ2n) is 5.59. The van der Waals surface area contributed by atoms with Crippen molar-refractivity contribution >= 4 is 0 Å². The summed E-state index contributed by atoms with van der Waals surface area (Å²) in [6.07, 6.45) is 1.07. The van der Waals surface area contributed by atoms with Gasteiger partial charge in [-0.3, -0.25) is 4.90 Å². The van der Waals surface area contributed by atoms with Crippen LogP contribution in [0, 0.1) is 0 Å². The van der Waals surface area contributed by atoms with Gasteiger partial charge in [0.25, 0.3) is 0 Å². The maximum atomic E-state index is 6.52. The third kappa shape index (κ3) is 2.49. The molecule has 20 heavy (non-hydrogen) atoms. The van der Waals surface area contributed by atoms with Gasteiger partial charge in [-0.2, -0.15) is 0 Å². The standard InChI is InChI=1S/C18H22N2/c1-2-17(18(19)14-8-4-3-5-9-14)20-12-15-10-6-7-11-16(15)13-20/h3-11,17-18H,2,12-13,19H2,1H3. The molecule has 0 aliphatic carbocycles. The van der Waals surface area contributed by atoms with Gasteiger partial charge in [0.1, 0.15) is 0 Å². The summed E-state index contributed by atoms with van der Waals surface area (Å²) in [5.74, 6) is 0. The van der Waals surface area contributed by atoms with Gasteiger partial charge >= 0.3 is 0 Å². The lowest BCUT2D eigenvalue weighted by Crippen LogP contribution is -2.39. The molecule has 0 fully saturated rings. The van der Waals surface area contributed by atoms with E-state index in [1.165, 1.54) is 16.7 Å². The van der Waals surface area contributed by atoms with Crippen molar-refractivity contribution < 1.29 is 0 Å². The molecule has 2 aromatic carbocycles. The van der Waals surface area contributed by atoms with E-state index in [0.717, 1.165) is 19.5 Å². The van der Waals surface area contributed by atoms with Crippen LogP contribution in [0.15, 0.2) is 54.6 Å². The summed E-state index contributed by atoms with van der Waals surface area (Å²) in [5.41, 5.74) is 10.7. The van der Waals surface area contributed by atoms with Crippen LogP contribution in [0.3, 0.4) is 0 Å². The minimum absolute atomic E-state index is 0.0792. The first kappa shape index (κ1) is 13.3. The molecule has 2 atom stereocenters. The Morgan fingerprint density at radius 3 is 2.05 bits per heavy atom. The molecule has 1 heterocycles. The number of rotatable bonds is 4. The smallest absolute Gasteiger partial charge is 0.0453 e. The van der Waals surface area contributed by atoms with E-state index in [9.17, 15) is 0 Å². The number of fused-ring (bicyclic) bond motifs is 1. The molecule has 2 nitrogen and oxygen atoms in total. The highest BCUT2D eigenvalue weighted by atomic mass is 15.2. The minimum Gasteiger partial charge on any atom is -0.323 e. The van der Waals surface area contributed by atoms with E-state index in [0.29, 0.717) is 6.04 Å². The Morgan fingerprint density at radius 1 is 0.950 bits per heavy atom. The van der Waals surface area contributed by atoms with E-state index in [-0.39, 0.29) is 6.04 Å². The van der Waals surface area contributed by atoms with Crippen LogP contribution in [0.1, 0.15) is 36.1 Å². The average Bonchev–Trinajstić information content (AvgIpc) is 2.92. The highest BCUT2D eigenvalue weighted by Crippen LogP contribution is 2.30. The quantitative estimate of drug-likeness (QED) is 0.918. The van der Waals surface area contributed by atoms with Crippen molar-refractivity contribution in [3.63, 3.8) is 0 Å². The minimum atomic E-state index is 0.0792. The summed E-state index contributed by atoms with van der Waals surface area (Å²) in [5, 5.41) is 0. The fourth-order valence-corrected chi connectivity index (χ4v) is 3.23. The van der Waals surface area contributed by atoms with Crippen LogP contribution in [-0.4, -0.2) is 10.9 Å². The summed E-state index contributed by atoms with van der Waals surface area (Å²) >= 11 is 0. The molecule has 0 saturated carbocycles. The van der Waals surface area contributed by atoms with Crippen LogP contribution in [0.2, 0.25) is 0 Å². The van der Waals surface area contributed by atoms with Crippen LogP contribution < -0.4 is 5.73 Å². The van der Waals surface area contributed by atoms with Crippen LogP contribution in [0.25, 0.3) is 0 Å². The molecule has 2 aromatic rings. The van der Waals surface area contributed by atoms with E-state index in [1.807, 2.05) is 6.07 Å². The monoisotopic (exact) mass is 266 g/mol. The van der Waals surface area contributed by atoms with Gasteiger partial charge in [-0.15, -0.1) is 0 Å². The highest BCUT2D eigenvalue weighted by molar-refractivity contribution is 5.31. The number of hydrogen-bond donors (Lipinski definition) is 1. The zero-order valence-electron chi connectivity index (χ0n) is 12.0. The molecule has 0 radical (unpaired) electrons. The zero-order valence-corrected chi connectivity index (χ0v) is 12.0. The molecule has 0 bridgehead atoms. The van der Waals surface area contributed by atoms with Gasteiger partial charge < -0.3 is 5.73 Å². The predicted molar refractivity (Wildman–Crippen MR) is 83.1 cm³/mol. The first-order valence-corrected chi connectivity index (χ1v) is 7.41. The number of benzene rings is 2. The van der Waals surface area contributed by atoms with E-state index < -0.39 is 0 Å². The molecule has 2 N–H and O–H groups in total. The van der Waals surface area contributed by atoms with Gasteiger partial charge in [0.15, 0.2) is 0 Å². The van der Waals surface area contributed by atoms with Gasteiger partial charge in [-0.1, -0.05) is 61.5 Å². The van der Waals surface area contributed by atoms with Gasteiger partial charge in [-0.05, 0) is 23.1 Å². The molecule has 2 heteroatoms. The fraction of sp³-hybridized carbons (Fsp3) is 0.333. The van der Waals surface area contributed by atoms with Crippen LogP contribution in [-0.2, 0) is 13.1 Å². The second-order valence-corrected chi connectivity index (χ2v) is 5.59. The summed E-state index contributed by atoms with van der Waals surface area (Å²) in [4.78, 5) is 2.52. The normalized spacial score (nSPS) is 17.7. The first-order valence-electron chi connectivity index (χ1n) is 7.41. The largest absolute Gasteiger partial charge is 0.323 e. The Morgan fingerprint density at radius 2 is 1.50 bits per heavy atom. The molecule has 0 amide bonds. The van der Waals surface area contributed by atoms with Crippen molar-refractivity contribution in [1.82, 2.24) is 4.90 Å². The van der Waals surface area contributed by atoms with Crippen molar-refractivity contribution in [3.05, 3.63) is 71.3 Å². The Hall–Kier alpha value is -1.64. The SMILES string of the molecule is CCC(C(N)c1ccccc1)N1Cc2ccccc2C1.